The number of aliphatic carboxylic acids is 1. The van der Waals surface area contributed by atoms with E-state index in [9.17, 15) is 14.7 Å². The molecule has 3 fully saturated rings. The van der Waals surface area contributed by atoms with Gasteiger partial charge >= 0.3 is 5.97 Å². The van der Waals surface area contributed by atoms with Gasteiger partial charge in [-0.1, -0.05) is 217 Å². The van der Waals surface area contributed by atoms with Crippen molar-refractivity contribution in [2.75, 3.05) is 97.2 Å². The summed E-state index contributed by atoms with van der Waals surface area (Å²) in [6, 6.07) is 67.3. The summed E-state index contributed by atoms with van der Waals surface area (Å²) in [5.41, 5.74) is 10.1. The van der Waals surface area contributed by atoms with Crippen LogP contribution < -0.4 is 21.8 Å². The zero-order valence-electron chi connectivity index (χ0n) is 50.1. The molecule has 0 spiro atoms. The third-order valence-corrected chi connectivity index (χ3v) is 15.6. The molecule has 3 unspecified atom stereocenters. The van der Waals surface area contributed by atoms with Crippen LogP contribution in [0.2, 0.25) is 0 Å². The van der Waals surface area contributed by atoms with E-state index < -0.39 is 18.1 Å². The number of piperazine rings is 3. The van der Waals surface area contributed by atoms with Crippen LogP contribution in [0.1, 0.15) is 111 Å². The number of nitrogens with one attached hydrogen (secondary N) is 3. The number of para-hydroxylation sites is 2. The van der Waals surface area contributed by atoms with E-state index in [1.165, 1.54) is 27.8 Å². The molecule has 3 aliphatic heterocycles. The lowest BCUT2D eigenvalue weighted by molar-refractivity contribution is -0.138. The molecular formula is C70H91N9O3. The Balaban J connectivity index is 0.000000171. The van der Waals surface area contributed by atoms with E-state index >= 15 is 0 Å². The van der Waals surface area contributed by atoms with E-state index in [4.69, 9.17) is 5.84 Å². The van der Waals surface area contributed by atoms with Crippen LogP contribution in [0.15, 0.2) is 200 Å². The van der Waals surface area contributed by atoms with Crippen LogP contribution in [0, 0.1) is 0 Å². The summed E-state index contributed by atoms with van der Waals surface area (Å²) in [4.78, 5) is 34.8. The minimum Gasteiger partial charge on any atom is -0.479 e. The molecule has 12 heteroatoms. The quantitative estimate of drug-likeness (QED) is 0.0704. The molecule has 5 atom stereocenters. The molecule has 0 saturated carbocycles. The molecular weight excluding hydrogens is 1010 g/mol. The number of carboxylic acids is 1. The number of hydrogen-bond acceptors (Lipinski definition) is 11. The standard InChI is InChI=1S/C30H37N3O.C18H21NO2.C11H17N3.C11H16N2/c1-30(2,3)25-17-15-24(16-18-25)29(31-26-13-9-6-10-14-26)28(34)22-33-20-19-32(4)21-27(33)23-11-7-5-8-12-23;1-18(2,3)14-11-9-13(10-12-14)16(17(20)21)19-15-7-5-4-6-8-15;1-13-7-8-14(12)11(9-13)10-5-3-2-4-6-10;1-13-8-7-12-11(9-13)10-5-3-2-4-6-10/h5-18,27,29,31H,19-22H2,1-4H3;4-12,16,19H,1-3H3,(H,20,21);2-6,11H,7-9,12H2,1H3;2-6,11-12H,7-9H2,1H3/t27-,29-;;;/m0.../s1. The maximum absolute atomic E-state index is 13.8. The molecule has 7 aromatic rings. The van der Waals surface area contributed by atoms with Gasteiger partial charge in [-0.25, -0.2) is 9.80 Å². The minimum atomic E-state index is -0.887. The van der Waals surface area contributed by atoms with Crippen molar-refractivity contribution in [1.29, 1.82) is 0 Å². The van der Waals surface area contributed by atoms with E-state index in [-0.39, 0.29) is 22.7 Å². The number of carbonyl (C=O) groups excluding carboxylic acids is 1. The minimum absolute atomic E-state index is 0.0596. The topological polar surface area (TPSA) is 133 Å². The number of carbonyl (C=O) groups is 2. The molecule has 0 aliphatic carbocycles. The maximum atomic E-state index is 13.8. The third kappa shape index (κ3) is 19.0. The molecule has 0 bridgehead atoms. The van der Waals surface area contributed by atoms with Crippen LogP contribution in [0.3, 0.4) is 0 Å². The summed E-state index contributed by atoms with van der Waals surface area (Å²) in [7, 11) is 6.48. The lowest BCUT2D eigenvalue weighted by Crippen LogP contribution is -2.49. The first-order valence-corrected chi connectivity index (χ1v) is 29.1. The van der Waals surface area contributed by atoms with Crippen molar-refractivity contribution in [2.45, 2.75) is 82.6 Å². The van der Waals surface area contributed by atoms with Crippen molar-refractivity contribution in [1.82, 2.24) is 29.9 Å². The Hall–Kier alpha value is -7.00. The van der Waals surface area contributed by atoms with Crippen molar-refractivity contribution >= 4 is 23.1 Å². The van der Waals surface area contributed by atoms with E-state index in [1.807, 2.05) is 102 Å². The number of benzene rings is 7. The SMILES string of the molecule is CC(C)(C)c1ccc(C(Nc2ccccc2)C(=O)O)cc1.CN1CCN(CC(=O)[C@@H](Nc2ccccc2)c2ccc(C(C)(C)C)cc2)[C@H](c2ccccc2)C1.CN1CCN(N)C(c2ccccc2)C1.CN1CCNC(c2ccccc2)C1. The molecule has 82 heavy (non-hydrogen) atoms. The molecule has 434 valence electrons. The Kier molecular flexibility index (Phi) is 23.2. The van der Waals surface area contributed by atoms with Crippen molar-refractivity contribution in [2.24, 2.45) is 5.84 Å². The van der Waals surface area contributed by atoms with Crippen molar-refractivity contribution in [3.63, 3.8) is 0 Å². The van der Waals surface area contributed by atoms with Gasteiger partial charge in [-0.3, -0.25) is 15.5 Å². The number of hydrogen-bond donors (Lipinski definition) is 5. The zero-order valence-corrected chi connectivity index (χ0v) is 50.1. The molecule has 6 N–H and O–H groups in total. The first-order chi connectivity index (χ1) is 39.3. The monoisotopic (exact) mass is 1110 g/mol. The molecule has 12 nitrogen and oxygen atoms in total. The number of nitrogens with zero attached hydrogens (tertiary/aromatic N) is 5. The smallest absolute Gasteiger partial charge is 0.330 e. The van der Waals surface area contributed by atoms with Gasteiger partial charge in [-0.05, 0) is 95.2 Å². The van der Waals surface area contributed by atoms with E-state index in [1.54, 1.807) is 0 Å². The van der Waals surface area contributed by atoms with Crippen molar-refractivity contribution < 1.29 is 14.7 Å². The number of ketones is 1. The number of Topliss-reactive ketones (excluding diaryl/α,β-unsaturated/α-hetero) is 1. The first kappa shape index (κ1) is 62.6. The average molecular weight is 1110 g/mol. The fraction of sp³-hybridized carbons (Fsp3) is 0.371. The summed E-state index contributed by atoms with van der Waals surface area (Å²) in [5, 5.41) is 21.5. The Bertz CT molecular complexity index is 2960. The van der Waals surface area contributed by atoms with Crippen LogP contribution in [-0.2, 0) is 20.4 Å². The second-order valence-electron chi connectivity index (χ2n) is 24.2. The molecule has 3 saturated heterocycles. The summed E-state index contributed by atoms with van der Waals surface area (Å²) < 4.78 is 0. The Morgan fingerprint density at radius 3 is 1.34 bits per heavy atom. The Labute approximate surface area is 490 Å². The number of carboxylic acid groups (broad SMARTS) is 1. The molecule has 0 amide bonds. The number of rotatable bonds is 13. The predicted octanol–water partition coefficient (Wildman–Crippen LogP) is 12.0. The van der Waals surface area contributed by atoms with Crippen LogP contribution in [0.4, 0.5) is 11.4 Å². The molecule has 10 rings (SSSR count). The van der Waals surface area contributed by atoms with E-state index in [0.717, 1.165) is 81.4 Å². The number of anilines is 2. The highest BCUT2D eigenvalue weighted by Crippen LogP contribution is 2.31. The highest BCUT2D eigenvalue weighted by atomic mass is 16.4. The first-order valence-electron chi connectivity index (χ1n) is 29.1. The van der Waals surface area contributed by atoms with Crippen LogP contribution in [0.5, 0.6) is 0 Å². The zero-order chi connectivity index (χ0) is 58.7. The molecule has 3 aliphatic rings. The molecule has 0 aromatic heterocycles. The van der Waals surface area contributed by atoms with Gasteiger partial charge in [0.2, 0.25) is 0 Å². The van der Waals surface area contributed by atoms with Crippen molar-refractivity contribution in [3.05, 3.63) is 239 Å². The van der Waals surface area contributed by atoms with Gasteiger partial charge in [0.15, 0.2) is 11.8 Å². The van der Waals surface area contributed by atoms with Gasteiger partial charge in [0.05, 0.1) is 12.6 Å². The lowest BCUT2D eigenvalue weighted by Gasteiger charge is -2.40. The van der Waals surface area contributed by atoms with E-state index in [2.05, 4.69) is 201 Å². The fourth-order valence-corrected chi connectivity index (χ4v) is 10.5. The summed E-state index contributed by atoms with van der Waals surface area (Å²) in [6.45, 7) is 22.6. The summed E-state index contributed by atoms with van der Waals surface area (Å²) >= 11 is 0. The molecule has 0 radical (unpaired) electrons. The van der Waals surface area contributed by atoms with Gasteiger partial charge in [0.1, 0.15) is 6.04 Å². The van der Waals surface area contributed by atoms with Crippen LogP contribution in [0.25, 0.3) is 0 Å². The predicted molar refractivity (Wildman–Crippen MR) is 339 cm³/mol. The maximum Gasteiger partial charge on any atom is 0.330 e. The fourth-order valence-electron chi connectivity index (χ4n) is 10.5. The highest BCUT2D eigenvalue weighted by molar-refractivity contribution is 5.89. The number of likely N-dealkylation sites (N-methyl/N-ethyl adjacent to an activating group) is 3. The second-order valence-corrected chi connectivity index (χ2v) is 24.2. The lowest BCUT2D eigenvalue weighted by atomic mass is 9.86. The van der Waals surface area contributed by atoms with Gasteiger partial charge in [0, 0.05) is 82.4 Å². The average Bonchev–Trinajstić information content (AvgIpc) is 3.69. The Morgan fingerprint density at radius 1 is 0.500 bits per heavy atom. The largest absolute Gasteiger partial charge is 0.479 e. The Morgan fingerprint density at radius 2 is 0.890 bits per heavy atom. The molecule has 7 aromatic carbocycles. The van der Waals surface area contributed by atoms with Crippen LogP contribution >= 0.6 is 0 Å². The van der Waals surface area contributed by atoms with Crippen LogP contribution in [-0.4, -0.2) is 128 Å². The number of nitrogens with two attached hydrogens (primary N) is 1. The summed E-state index contributed by atoms with van der Waals surface area (Å²) in [5.74, 6) is 5.29. The van der Waals surface area contributed by atoms with Gasteiger partial charge in [0.25, 0.3) is 0 Å². The second kappa shape index (κ2) is 30.3. The normalized spacial score (nSPS) is 19.1. The highest BCUT2D eigenvalue weighted by Gasteiger charge is 2.32. The number of hydrazine groups is 1. The summed E-state index contributed by atoms with van der Waals surface area (Å²) in [6.07, 6.45) is 0. The van der Waals surface area contributed by atoms with Gasteiger partial charge in [-0.15, -0.1) is 0 Å². The van der Waals surface area contributed by atoms with E-state index in [0.29, 0.717) is 18.6 Å². The van der Waals surface area contributed by atoms with Crippen molar-refractivity contribution in [3.8, 4) is 0 Å². The third-order valence-electron chi connectivity index (χ3n) is 15.6. The van der Waals surface area contributed by atoms with Gasteiger partial charge < -0.3 is 35.8 Å². The molecule has 3 heterocycles. The van der Waals surface area contributed by atoms with Gasteiger partial charge in [-0.2, -0.15) is 0 Å².